The molecule has 0 bridgehead atoms. The molecule has 0 amide bonds. The number of pyridine rings is 1. The Morgan fingerprint density at radius 1 is 1.21 bits per heavy atom. The van der Waals surface area contributed by atoms with E-state index in [1.165, 1.54) is 0 Å². The molecule has 0 radical (unpaired) electrons. The molecule has 100 valence electrons. The second-order valence-corrected chi connectivity index (χ2v) is 4.39. The fraction of sp³-hybridized carbons (Fsp3) is 0.267. The predicted molar refractivity (Wildman–Crippen MR) is 75.4 cm³/mol. The Kier molecular flexibility index (Phi) is 3.90. The number of aromatic nitrogens is 1. The fourth-order valence-electron chi connectivity index (χ4n) is 1.78. The molecular formula is C15H18N2O2. The maximum absolute atomic E-state index is 5.98. The summed E-state index contributed by atoms with van der Waals surface area (Å²) in [5.74, 6) is 1.52. The molecule has 2 aromatic rings. The molecule has 4 nitrogen and oxygen atoms in total. The van der Waals surface area contributed by atoms with Gasteiger partial charge in [0, 0.05) is 18.0 Å². The normalized spacial score (nSPS) is 10.3. The molecule has 0 aliphatic carbocycles. The summed E-state index contributed by atoms with van der Waals surface area (Å²) >= 11 is 0. The van der Waals surface area contributed by atoms with E-state index in [-0.39, 0.29) is 0 Å². The first kappa shape index (κ1) is 13.2. The SMILES string of the molecule is COc1cccc(OCc2ncc(C)c(N)c2C)c1. The molecule has 0 saturated carbocycles. The van der Waals surface area contributed by atoms with Crippen LogP contribution in [0.15, 0.2) is 30.5 Å². The third kappa shape index (κ3) is 2.96. The fourth-order valence-corrected chi connectivity index (χ4v) is 1.78. The molecule has 0 fully saturated rings. The molecular weight excluding hydrogens is 240 g/mol. The summed E-state index contributed by atoms with van der Waals surface area (Å²) in [5.41, 5.74) is 9.57. The highest BCUT2D eigenvalue weighted by atomic mass is 16.5. The van der Waals surface area contributed by atoms with Crippen molar-refractivity contribution in [1.29, 1.82) is 0 Å². The van der Waals surface area contributed by atoms with E-state index < -0.39 is 0 Å². The maximum Gasteiger partial charge on any atom is 0.131 e. The maximum atomic E-state index is 5.98. The topological polar surface area (TPSA) is 57.4 Å². The monoisotopic (exact) mass is 258 g/mol. The third-order valence-electron chi connectivity index (χ3n) is 3.09. The van der Waals surface area contributed by atoms with Gasteiger partial charge in [0.25, 0.3) is 0 Å². The summed E-state index contributed by atoms with van der Waals surface area (Å²) in [6.45, 7) is 4.30. The second kappa shape index (κ2) is 5.61. The van der Waals surface area contributed by atoms with E-state index in [4.69, 9.17) is 15.2 Å². The van der Waals surface area contributed by atoms with Crippen molar-refractivity contribution < 1.29 is 9.47 Å². The van der Waals surface area contributed by atoms with Crippen molar-refractivity contribution in [3.63, 3.8) is 0 Å². The smallest absolute Gasteiger partial charge is 0.131 e. The minimum atomic E-state index is 0.392. The number of nitrogen functional groups attached to an aromatic ring is 1. The Morgan fingerprint density at radius 3 is 2.68 bits per heavy atom. The number of ether oxygens (including phenoxy) is 2. The zero-order valence-corrected chi connectivity index (χ0v) is 11.4. The van der Waals surface area contributed by atoms with Crippen LogP contribution in [0.3, 0.4) is 0 Å². The number of methoxy groups -OCH3 is 1. The number of nitrogens with zero attached hydrogens (tertiary/aromatic N) is 1. The molecule has 1 aromatic carbocycles. The second-order valence-electron chi connectivity index (χ2n) is 4.39. The lowest BCUT2D eigenvalue weighted by molar-refractivity contribution is 0.298. The first-order chi connectivity index (χ1) is 9.11. The molecule has 19 heavy (non-hydrogen) atoms. The van der Waals surface area contributed by atoms with Gasteiger partial charge in [-0.15, -0.1) is 0 Å². The molecule has 0 aliphatic heterocycles. The van der Waals surface area contributed by atoms with Crippen molar-refractivity contribution in [3.8, 4) is 11.5 Å². The summed E-state index contributed by atoms with van der Waals surface area (Å²) in [6, 6.07) is 7.49. The van der Waals surface area contributed by atoms with Gasteiger partial charge in [0.1, 0.15) is 18.1 Å². The van der Waals surface area contributed by atoms with Crippen LogP contribution in [-0.4, -0.2) is 12.1 Å². The molecule has 2 rings (SSSR count). The van der Waals surface area contributed by atoms with Crippen LogP contribution in [0.25, 0.3) is 0 Å². The highest BCUT2D eigenvalue weighted by Crippen LogP contribution is 2.22. The number of rotatable bonds is 4. The minimum absolute atomic E-state index is 0.392. The van der Waals surface area contributed by atoms with Crippen LogP contribution in [0, 0.1) is 13.8 Å². The lowest BCUT2D eigenvalue weighted by atomic mass is 10.1. The van der Waals surface area contributed by atoms with E-state index in [2.05, 4.69) is 4.98 Å². The van der Waals surface area contributed by atoms with Gasteiger partial charge in [-0.2, -0.15) is 0 Å². The molecule has 0 spiro atoms. The number of anilines is 1. The first-order valence-corrected chi connectivity index (χ1v) is 6.09. The summed E-state index contributed by atoms with van der Waals surface area (Å²) < 4.78 is 10.9. The van der Waals surface area contributed by atoms with Crippen LogP contribution < -0.4 is 15.2 Å². The number of hydrogen-bond donors (Lipinski definition) is 1. The van der Waals surface area contributed by atoms with Gasteiger partial charge in [-0.1, -0.05) is 6.07 Å². The van der Waals surface area contributed by atoms with Gasteiger partial charge in [0.05, 0.1) is 12.8 Å². The third-order valence-corrected chi connectivity index (χ3v) is 3.09. The quantitative estimate of drug-likeness (QED) is 0.916. The van der Waals surface area contributed by atoms with Gasteiger partial charge < -0.3 is 15.2 Å². The first-order valence-electron chi connectivity index (χ1n) is 6.09. The summed E-state index contributed by atoms with van der Waals surface area (Å²) in [4.78, 5) is 4.36. The molecule has 0 saturated heterocycles. The summed E-state index contributed by atoms with van der Waals surface area (Å²) in [6.07, 6.45) is 1.77. The van der Waals surface area contributed by atoms with Crippen LogP contribution >= 0.6 is 0 Å². The summed E-state index contributed by atoms with van der Waals surface area (Å²) in [5, 5.41) is 0. The van der Waals surface area contributed by atoms with E-state index in [0.29, 0.717) is 6.61 Å². The van der Waals surface area contributed by atoms with Crippen molar-refractivity contribution >= 4 is 5.69 Å². The van der Waals surface area contributed by atoms with Crippen LogP contribution in [0.5, 0.6) is 11.5 Å². The predicted octanol–water partition coefficient (Wildman–Crippen LogP) is 2.87. The summed E-state index contributed by atoms with van der Waals surface area (Å²) in [7, 11) is 1.63. The average Bonchev–Trinajstić information content (AvgIpc) is 2.44. The van der Waals surface area contributed by atoms with E-state index in [1.54, 1.807) is 13.3 Å². The minimum Gasteiger partial charge on any atom is -0.497 e. The molecule has 2 N–H and O–H groups in total. The van der Waals surface area contributed by atoms with Gasteiger partial charge in [-0.25, -0.2) is 0 Å². The highest BCUT2D eigenvalue weighted by Gasteiger charge is 2.07. The number of hydrogen-bond acceptors (Lipinski definition) is 4. The zero-order chi connectivity index (χ0) is 13.8. The Hall–Kier alpha value is -2.23. The van der Waals surface area contributed by atoms with Crippen LogP contribution in [-0.2, 0) is 6.61 Å². The van der Waals surface area contributed by atoms with Gasteiger partial charge in [0.15, 0.2) is 0 Å². The van der Waals surface area contributed by atoms with E-state index in [1.807, 2.05) is 38.1 Å². The lowest BCUT2D eigenvalue weighted by Gasteiger charge is -2.11. The van der Waals surface area contributed by atoms with Gasteiger partial charge in [0.2, 0.25) is 0 Å². The van der Waals surface area contributed by atoms with Crippen LogP contribution in [0.1, 0.15) is 16.8 Å². The molecule has 0 aliphatic rings. The van der Waals surface area contributed by atoms with Gasteiger partial charge in [-0.05, 0) is 37.1 Å². The Morgan fingerprint density at radius 2 is 1.95 bits per heavy atom. The lowest BCUT2D eigenvalue weighted by Crippen LogP contribution is -2.05. The van der Waals surface area contributed by atoms with Crippen LogP contribution in [0.4, 0.5) is 5.69 Å². The van der Waals surface area contributed by atoms with E-state index in [9.17, 15) is 0 Å². The number of benzene rings is 1. The molecule has 1 heterocycles. The van der Waals surface area contributed by atoms with Gasteiger partial charge in [-0.3, -0.25) is 4.98 Å². The molecule has 0 unspecified atom stereocenters. The number of nitrogens with two attached hydrogens (primary N) is 1. The van der Waals surface area contributed by atoms with Gasteiger partial charge >= 0.3 is 0 Å². The van der Waals surface area contributed by atoms with Crippen LogP contribution in [0.2, 0.25) is 0 Å². The van der Waals surface area contributed by atoms with Crippen molar-refractivity contribution in [2.75, 3.05) is 12.8 Å². The Bertz CT molecular complexity index is 582. The number of aryl methyl sites for hydroxylation is 1. The van der Waals surface area contributed by atoms with Crippen molar-refractivity contribution in [3.05, 3.63) is 47.3 Å². The Balaban J connectivity index is 2.12. The van der Waals surface area contributed by atoms with Crippen molar-refractivity contribution in [1.82, 2.24) is 4.98 Å². The molecule has 0 atom stereocenters. The molecule has 4 heteroatoms. The average molecular weight is 258 g/mol. The molecule has 1 aromatic heterocycles. The largest absolute Gasteiger partial charge is 0.497 e. The van der Waals surface area contributed by atoms with Crippen molar-refractivity contribution in [2.24, 2.45) is 0 Å². The zero-order valence-electron chi connectivity index (χ0n) is 11.4. The van der Waals surface area contributed by atoms with E-state index >= 15 is 0 Å². The van der Waals surface area contributed by atoms with E-state index in [0.717, 1.165) is 34.0 Å². The standard InChI is InChI=1S/C15H18N2O2/c1-10-8-17-14(11(2)15(10)16)9-19-13-6-4-5-12(7-13)18-3/h4-8H,9H2,1-3H3,(H2,16,17). The highest BCUT2D eigenvalue weighted by molar-refractivity contribution is 5.53. The van der Waals surface area contributed by atoms with Crippen molar-refractivity contribution in [2.45, 2.75) is 20.5 Å². The Labute approximate surface area is 113 Å².